The molecule has 2 N–H and O–H groups in total. The molecule has 1 unspecified atom stereocenters. The number of hydrogen-bond donors (Lipinski definition) is 2. The molecular formula is C45H51ClN6O3S2. The molecule has 9 nitrogen and oxygen atoms in total. The van der Waals surface area contributed by atoms with Crippen LogP contribution < -0.4 is 14.9 Å². The summed E-state index contributed by atoms with van der Waals surface area (Å²) >= 11 is 8.99. The van der Waals surface area contributed by atoms with Gasteiger partial charge in [0.1, 0.15) is 5.69 Å². The molecule has 1 heterocycles. The molecule has 0 bridgehead atoms. The van der Waals surface area contributed by atoms with Gasteiger partial charge < -0.3 is 15.1 Å². The summed E-state index contributed by atoms with van der Waals surface area (Å²) in [5.41, 5.74) is 7.12. The van der Waals surface area contributed by atoms with Crippen molar-refractivity contribution in [2.45, 2.75) is 48.6 Å². The number of nitro groups is 1. The second-order valence-electron chi connectivity index (χ2n) is 14.9. The summed E-state index contributed by atoms with van der Waals surface area (Å²) < 4.78 is 2.87. The molecule has 0 spiro atoms. The molecule has 5 aromatic carbocycles. The fourth-order valence-corrected chi connectivity index (χ4v) is 8.55. The molecule has 1 atom stereocenters. The summed E-state index contributed by atoms with van der Waals surface area (Å²) in [7, 11) is 4.04. The lowest BCUT2D eigenvalue weighted by atomic mass is 9.93. The Hall–Kier alpha value is -4.52. The van der Waals surface area contributed by atoms with Crippen molar-refractivity contribution < 1.29 is 9.72 Å². The molecule has 1 aliphatic rings. The van der Waals surface area contributed by atoms with Crippen LogP contribution in [0.1, 0.15) is 47.7 Å². The monoisotopic (exact) mass is 822 g/mol. The fourth-order valence-electron chi connectivity index (χ4n) is 6.80. The number of nitro benzene ring substituents is 1. The number of hydrogen-bond acceptors (Lipinski definition) is 9. The van der Waals surface area contributed by atoms with Gasteiger partial charge >= 0.3 is 0 Å². The minimum Gasteiger partial charge on any atom is -0.376 e. The first-order chi connectivity index (χ1) is 27.5. The number of carbonyl (C=O) groups is 1. The van der Waals surface area contributed by atoms with E-state index < -0.39 is 0 Å². The number of halogens is 1. The molecule has 1 amide bonds. The van der Waals surface area contributed by atoms with Gasteiger partial charge in [-0.2, -0.15) is 0 Å². The molecule has 0 aromatic heterocycles. The summed E-state index contributed by atoms with van der Waals surface area (Å²) in [6, 6.07) is 37.8. The number of thioether (sulfide) groups is 1. The molecule has 5 aromatic rings. The topological polar surface area (TPSA) is 94.0 Å². The highest BCUT2D eigenvalue weighted by Gasteiger charge is 2.22. The standard InChI is InChI=1S/C45H51ClN6O3S2/c1-32(2)35-14-20-42(33-10-15-37(46)16-11-33)36(28-35)30-50-24-26-51(27-25-50)39-17-12-34(13-18-39)45(53)48-57-41-19-21-43(44(29-41)52(54)55)47-38(22-23-49(3)4)31-56-40-8-6-5-7-9-40/h5-21,28-29,32,38,47H,22-27,30-31H2,1-4H3,(H,48,53). The van der Waals surface area contributed by atoms with Crippen molar-refractivity contribution in [2.24, 2.45) is 0 Å². The number of benzene rings is 5. The van der Waals surface area contributed by atoms with Crippen LogP contribution in [0.15, 0.2) is 125 Å². The Morgan fingerprint density at radius 2 is 1.60 bits per heavy atom. The van der Waals surface area contributed by atoms with E-state index in [1.807, 2.05) is 68.7 Å². The third kappa shape index (κ3) is 12.0. The van der Waals surface area contributed by atoms with Crippen molar-refractivity contribution in [3.05, 3.63) is 147 Å². The molecule has 57 heavy (non-hydrogen) atoms. The highest BCUT2D eigenvalue weighted by atomic mass is 35.5. The molecule has 0 aliphatic carbocycles. The molecule has 6 rings (SSSR count). The summed E-state index contributed by atoms with van der Waals surface area (Å²) in [5, 5.41) is 16.4. The van der Waals surface area contributed by atoms with E-state index in [0.717, 1.165) is 79.0 Å². The van der Waals surface area contributed by atoms with Gasteiger partial charge in [-0.15, -0.1) is 11.8 Å². The van der Waals surface area contributed by atoms with Crippen molar-refractivity contribution in [3.8, 4) is 11.1 Å². The molecule has 1 saturated heterocycles. The average molecular weight is 824 g/mol. The Balaban J connectivity index is 1.03. The lowest BCUT2D eigenvalue weighted by Gasteiger charge is -2.36. The zero-order valence-corrected chi connectivity index (χ0v) is 35.4. The predicted molar refractivity (Wildman–Crippen MR) is 239 cm³/mol. The van der Waals surface area contributed by atoms with Gasteiger partial charge in [0.2, 0.25) is 0 Å². The van der Waals surface area contributed by atoms with Crippen molar-refractivity contribution in [1.82, 2.24) is 14.5 Å². The number of nitrogens with one attached hydrogen (secondary N) is 2. The second kappa shape index (κ2) is 20.3. The molecule has 0 radical (unpaired) electrons. The van der Waals surface area contributed by atoms with Gasteiger partial charge in [-0.05, 0) is 128 Å². The minimum atomic E-state index is -0.372. The number of piperazine rings is 1. The van der Waals surface area contributed by atoms with Gasteiger partial charge in [-0.1, -0.05) is 74.0 Å². The van der Waals surface area contributed by atoms with Gasteiger partial charge in [0, 0.05) is 76.6 Å². The van der Waals surface area contributed by atoms with Crippen LogP contribution in [-0.2, 0) is 6.54 Å². The van der Waals surface area contributed by atoms with Gasteiger partial charge in [-0.3, -0.25) is 24.5 Å². The number of amides is 1. The largest absolute Gasteiger partial charge is 0.376 e. The smallest absolute Gasteiger partial charge is 0.293 e. The van der Waals surface area contributed by atoms with Crippen LogP contribution in [0.25, 0.3) is 11.1 Å². The SMILES string of the molecule is CC(C)c1ccc(-c2ccc(Cl)cc2)c(CN2CCN(c3ccc(C(=O)NSc4ccc(NC(CCN(C)C)CSc5ccccc5)c([N+](=O)[O-])c4)cc3)CC2)c1. The number of nitrogens with zero attached hydrogens (tertiary/aromatic N) is 4. The number of rotatable bonds is 17. The van der Waals surface area contributed by atoms with Crippen LogP contribution in [-0.4, -0.2) is 79.2 Å². The van der Waals surface area contributed by atoms with E-state index in [9.17, 15) is 14.9 Å². The van der Waals surface area contributed by atoms with Crippen LogP contribution >= 0.6 is 35.3 Å². The van der Waals surface area contributed by atoms with Crippen molar-refractivity contribution in [3.63, 3.8) is 0 Å². The van der Waals surface area contributed by atoms with E-state index >= 15 is 0 Å². The number of carbonyl (C=O) groups excluding carboxylic acids is 1. The Bertz CT molecular complexity index is 2090. The van der Waals surface area contributed by atoms with E-state index in [1.165, 1.54) is 28.3 Å². The Labute approximate surface area is 350 Å². The van der Waals surface area contributed by atoms with E-state index in [0.29, 0.717) is 22.1 Å². The molecule has 1 fully saturated rings. The van der Waals surface area contributed by atoms with Crippen molar-refractivity contribution in [1.29, 1.82) is 0 Å². The highest BCUT2D eigenvalue weighted by molar-refractivity contribution is 7.99. The quantitative estimate of drug-likeness (QED) is 0.0411. The van der Waals surface area contributed by atoms with Gasteiger partial charge in [-0.25, -0.2) is 0 Å². The van der Waals surface area contributed by atoms with Crippen molar-refractivity contribution in [2.75, 3.05) is 62.8 Å². The van der Waals surface area contributed by atoms with Crippen molar-refractivity contribution >= 4 is 58.3 Å². The maximum absolute atomic E-state index is 13.2. The van der Waals surface area contributed by atoms with Crippen LogP contribution in [0.3, 0.4) is 0 Å². The van der Waals surface area contributed by atoms with E-state index in [4.69, 9.17) is 11.6 Å². The maximum Gasteiger partial charge on any atom is 0.293 e. The van der Waals surface area contributed by atoms with E-state index in [-0.39, 0.29) is 22.6 Å². The summed E-state index contributed by atoms with van der Waals surface area (Å²) in [4.78, 5) is 33.7. The zero-order chi connectivity index (χ0) is 40.3. The van der Waals surface area contributed by atoms with E-state index in [2.05, 4.69) is 81.1 Å². The predicted octanol–water partition coefficient (Wildman–Crippen LogP) is 10.3. The third-order valence-electron chi connectivity index (χ3n) is 10.1. The van der Waals surface area contributed by atoms with Crippen LogP contribution in [0.5, 0.6) is 0 Å². The number of anilines is 2. The lowest BCUT2D eigenvalue weighted by Crippen LogP contribution is -2.46. The summed E-state index contributed by atoms with van der Waals surface area (Å²) in [5.74, 6) is 0.949. The van der Waals surface area contributed by atoms with Crippen LogP contribution in [0.4, 0.5) is 17.1 Å². The third-order valence-corrected chi connectivity index (χ3v) is 12.3. The van der Waals surface area contributed by atoms with Crippen LogP contribution in [0, 0.1) is 10.1 Å². The minimum absolute atomic E-state index is 0.0164. The fraction of sp³-hybridized carbons (Fsp3) is 0.311. The van der Waals surface area contributed by atoms with Gasteiger partial charge in [0.15, 0.2) is 0 Å². The first-order valence-electron chi connectivity index (χ1n) is 19.3. The zero-order valence-electron chi connectivity index (χ0n) is 33.0. The summed E-state index contributed by atoms with van der Waals surface area (Å²) in [6.07, 6.45) is 0.825. The molecule has 298 valence electrons. The highest BCUT2D eigenvalue weighted by Crippen LogP contribution is 2.33. The molecular weight excluding hydrogens is 772 g/mol. The first-order valence-corrected chi connectivity index (χ1v) is 21.5. The lowest BCUT2D eigenvalue weighted by molar-refractivity contribution is -0.384. The normalized spacial score (nSPS) is 13.8. The van der Waals surface area contributed by atoms with Gasteiger partial charge in [0.05, 0.1) is 4.92 Å². The molecule has 0 saturated carbocycles. The Morgan fingerprint density at radius 3 is 2.26 bits per heavy atom. The van der Waals surface area contributed by atoms with E-state index in [1.54, 1.807) is 23.9 Å². The molecule has 12 heteroatoms. The maximum atomic E-state index is 13.2. The Kier molecular flexibility index (Phi) is 15.0. The van der Waals surface area contributed by atoms with Crippen LogP contribution in [0.2, 0.25) is 5.02 Å². The summed E-state index contributed by atoms with van der Waals surface area (Å²) in [6.45, 7) is 9.80. The van der Waals surface area contributed by atoms with Gasteiger partial charge in [0.25, 0.3) is 11.6 Å². The average Bonchev–Trinajstić information content (AvgIpc) is 3.22. The first kappa shape index (κ1) is 42.1. The Morgan fingerprint density at radius 1 is 0.877 bits per heavy atom. The molecule has 1 aliphatic heterocycles. The second-order valence-corrected chi connectivity index (χ2v) is 17.3.